The number of sulfonamides is 1. The van der Waals surface area contributed by atoms with Gasteiger partial charge in [0, 0.05) is 44.2 Å². The number of ether oxygens (including phenoxy) is 1. The van der Waals surface area contributed by atoms with E-state index in [1.54, 1.807) is 18.2 Å². The van der Waals surface area contributed by atoms with Gasteiger partial charge >= 0.3 is 0 Å². The zero-order valence-electron chi connectivity index (χ0n) is 19.7. The maximum Gasteiger partial charge on any atom is 0.245 e. The number of anilines is 2. The van der Waals surface area contributed by atoms with Crippen molar-refractivity contribution in [2.24, 2.45) is 11.7 Å². The number of carbonyl (C=O) groups excluding carboxylic acids is 2. The Kier molecular flexibility index (Phi) is 8.04. The first kappa shape index (κ1) is 25.2. The third-order valence-corrected chi connectivity index (χ3v) is 8.48. The molecule has 0 aromatic heterocycles. The van der Waals surface area contributed by atoms with Crippen LogP contribution >= 0.6 is 0 Å². The fraction of sp³-hybridized carbons (Fsp3) is 0.440. The Balaban J connectivity index is 1.56. The smallest absolute Gasteiger partial charge is 0.245 e. The molecule has 0 unspecified atom stereocenters. The van der Waals surface area contributed by atoms with Crippen LogP contribution in [0.1, 0.15) is 24.8 Å². The molecule has 10 heteroatoms. The van der Waals surface area contributed by atoms with Crippen LogP contribution in [-0.4, -0.2) is 63.9 Å². The van der Waals surface area contributed by atoms with Crippen LogP contribution in [0.2, 0.25) is 0 Å². The number of aryl methyl sites for hydroxylation is 1. The molecule has 2 amide bonds. The van der Waals surface area contributed by atoms with E-state index >= 15 is 0 Å². The van der Waals surface area contributed by atoms with Crippen LogP contribution in [0.25, 0.3) is 0 Å². The molecule has 3 N–H and O–H groups in total. The second kappa shape index (κ2) is 11.2. The quantitative estimate of drug-likeness (QED) is 0.572. The monoisotopic (exact) mass is 500 g/mol. The third-order valence-electron chi connectivity index (χ3n) is 6.55. The van der Waals surface area contributed by atoms with Crippen molar-refractivity contribution in [3.8, 4) is 0 Å². The van der Waals surface area contributed by atoms with E-state index in [0.717, 1.165) is 5.56 Å². The van der Waals surface area contributed by atoms with Gasteiger partial charge in [-0.2, -0.15) is 4.31 Å². The number of nitrogens with one attached hydrogen (secondary N) is 1. The van der Waals surface area contributed by atoms with Crippen molar-refractivity contribution in [3.05, 3.63) is 54.1 Å². The summed E-state index contributed by atoms with van der Waals surface area (Å²) in [5, 5.41) is 2.85. The van der Waals surface area contributed by atoms with E-state index in [-0.39, 0.29) is 42.1 Å². The summed E-state index contributed by atoms with van der Waals surface area (Å²) in [6.45, 7) is 2.30. The first-order valence-electron chi connectivity index (χ1n) is 11.9. The lowest BCUT2D eigenvalue weighted by atomic mass is 9.96. The van der Waals surface area contributed by atoms with Gasteiger partial charge in [0.15, 0.2) is 0 Å². The van der Waals surface area contributed by atoms with Crippen molar-refractivity contribution in [1.82, 2.24) is 4.31 Å². The van der Waals surface area contributed by atoms with E-state index in [1.807, 2.05) is 35.2 Å². The molecule has 35 heavy (non-hydrogen) atoms. The zero-order valence-corrected chi connectivity index (χ0v) is 20.5. The maximum absolute atomic E-state index is 13.6. The summed E-state index contributed by atoms with van der Waals surface area (Å²) in [5.41, 5.74) is 7.53. The van der Waals surface area contributed by atoms with Crippen molar-refractivity contribution in [2.75, 3.05) is 49.6 Å². The summed E-state index contributed by atoms with van der Waals surface area (Å²) in [7, 11) is -3.82. The lowest BCUT2D eigenvalue weighted by Gasteiger charge is -2.35. The molecule has 0 atom stereocenters. The molecule has 2 saturated heterocycles. The lowest BCUT2D eigenvalue weighted by Crippen LogP contribution is -2.42. The molecule has 2 aromatic rings. The number of hydrogen-bond donors (Lipinski definition) is 2. The predicted molar refractivity (Wildman–Crippen MR) is 134 cm³/mol. The molecule has 2 aliphatic rings. The van der Waals surface area contributed by atoms with Crippen molar-refractivity contribution in [3.63, 3.8) is 0 Å². The normalized spacial score (nSPS) is 17.8. The molecule has 2 aromatic carbocycles. The zero-order chi connectivity index (χ0) is 24.8. The van der Waals surface area contributed by atoms with Crippen molar-refractivity contribution in [2.45, 2.75) is 30.6 Å². The summed E-state index contributed by atoms with van der Waals surface area (Å²) in [5.74, 6) is -0.702. The highest BCUT2D eigenvalue weighted by atomic mass is 32.2. The van der Waals surface area contributed by atoms with E-state index in [9.17, 15) is 18.0 Å². The molecule has 4 rings (SSSR count). The van der Waals surface area contributed by atoms with Crippen LogP contribution in [0.15, 0.2) is 53.4 Å². The van der Waals surface area contributed by atoms with E-state index < -0.39 is 10.0 Å². The standard InChI is InChI=1S/C25H32N4O5S/c26-25(31)20-10-12-28(13-11-20)22-8-7-21(27-24(30)9-6-19-4-2-1-3-5-19)18-23(22)35(32,33)29-14-16-34-17-15-29/h1-5,7-8,18,20H,6,9-17H2,(H2,26,31)(H,27,30). The molecule has 2 heterocycles. The summed E-state index contributed by atoms with van der Waals surface area (Å²) in [6, 6.07) is 14.7. The van der Waals surface area contributed by atoms with Crippen molar-refractivity contribution in [1.29, 1.82) is 0 Å². The van der Waals surface area contributed by atoms with Crippen LogP contribution in [0.4, 0.5) is 11.4 Å². The molecule has 188 valence electrons. The topological polar surface area (TPSA) is 122 Å². The lowest BCUT2D eigenvalue weighted by molar-refractivity contribution is -0.122. The number of hydrogen-bond acceptors (Lipinski definition) is 6. The molecule has 9 nitrogen and oxygen atoms in total. The van der Waals surface area contributed by atoms with Gasteiger partial charge in [0.05, 0.1) is 18.9 Å². The molecular weight excluding hydrogens is 468 g/mol. The highest BCUT2D eigenvalue weighted by molar-refractivity contribution is 7.89. The second-order valence-corrected chi connectivity index (χ2v) is 10.8. The van der Waals surface area contributed by atoms with E-state index in [1.165, 1.54) is 4.31 Å². The molecule has 2 aliphatic heterocycles. The largest absolute Gasteiger partial charge is 0.379 e. The number of nitrogens with zero attached hydrogens (tertiary/aromatic N) is 2. The molecule has 0 spiro atoms. The third kappa shape index (κ3) is 6.19. The molecule has 0 bridgehead atoms. The van der Waals surface area contributed by atoms with Crippen LogP contribution in [0.5, 0.6) is 0 Å². The first-order valence-corrected chi connectivity index (χ1v) is 13.4. The van der Waals surface area contributed by atoms with Gasteiger partial charge in [-0.05, 0) is 43.0 Å². The van der Waals surface area contributed by atoms with Gasteiger partial charge in [-0.1, -0.05) is 30.3 Å². The Morgan fingerprint density at radius 3 is 2.34 bits per heavy atom. The number of piperidine rings is 1. The Hall–Kier alpha value is -2.95. The molecule has 0 saturated carbocycles. The SMILES string of the molecule is NC(=O)C1CCN(c2ccc(NC(=O)CCc3ccccc3)cc2S(=O)(=O)N2CCOCC2)CC1. The van der Waals surface area contributed by atoms with Crippen LogP contribution in [0.3, 0.4) is 0 Å². The highest BCUT2D eigenvalue weighted by Gasteiger charge is 2.32. The maximum atomic E-state index is 13.6. The van der Waals surface area contributed by atoms with E-state index in [2.05, 4.69) is 5.32 Å². The number of carbonyl (C=O) groups is 2. The minimum Gasteiger partial charge on any atom is -0.379 e. The van der Waals surface area contributed by atoms with Crippen molar-refractivity contribution < 1.29 is 22.7 Å². The molecular formula is C25H32N4O5S. The molecule has 0 aliphatic carbocycles. The number of rotatable bonds is 8. The van der Waals surface area contributed by atoms with Gasteiger partial charge in [0.1, 0.15) is 4.90 Å². The number of amides is 2. The van der Waals surface area contributed by atoms with E-state index in [0.29, 0.717) is 56.9 Å². The van der Waals surface area contributed by atoms with Gasteiger partial charge in [0.2, 0.25) is 21.8 Å². The average molecular weight is 501 g/mol. The minimum absolute atomic E-state index is 0.151. The summed E-state index contributed by atoms with van der Waals surface area (Å²) < 4.78 is 34.0. The fourth-order valence-corrected chi connectivity index (χ4v) is 6.16. The van der Waals surface area contributed by atoms with Gasteiger partial charge < -0.3 is 20.7 Å². The number of morpholine rings is 1. The Labute approximate surface area is 206 Å². The van der Waals surface area contributed by atoms with Crippen molar-refractivity contribution >= 4 is 33.2 Å². The predicted octanol–water partition coefficient (Wildman–Crippen LogP) is 1.98. The molecule has 2 fully saturated rings. The average Bonchev–Trinajstić information content (AvgIpc) is 2.88. The van der Waals surface area contributed by atoms with Crippen LogP contribution in [0, 0.1) is 5.92 Å². The molecule has 0 radical (unpaired) electrons. The summed E-state index contributed by atoms with van der Waals surface area (Å²) in [4.78, 5) is 26.3. The Bertz CT molecular complexity index is 1140. The van der Waals surface area contributed by atoms with Gasteiger partial charge in [0.25, 0.3) is 0 Å². The fourth-order valence-electron chi connectivity index (χ4n) is 4.52. The number of benzene rings is 2. The summed E-state index contributed by atoms with van der Waals surface area (Å²) >= 11 is 0. The highest BCUT2D eigenvalue weighted by Crippen LogP contribution is 2.34. The Morgan fingerprint density at radius 2 is 1.69 bits per heavy atom. The second-order valence-electron chi connectivity index (χ2n) is 8.90. The van der Waals surface area contributed by atoms with Crippen LogP contribution in [-0.2, 0) is 30.8 Å². The van der Waals surface area contributed by atoms with Gasteiger partial charge in [-0.25, -0.2) is 8.42 Å². The minimum atomic E-state index is -3.82. The number of nitrogens with two attached hydrogens (primary N) is 1. The summed E-state index contributed by atoms with van der Waals surface area (Å²) in [6.07, 6.45) is 2.03. The Morgan fingerprint density at radius 1 is 1.00 bits per heavy atom. The van der Waals surface area contributed by atoms with Gasteiger partial charge in [-0.15, -0.1) is 0 Å². The van der Waals surface area contributed by atoms with E-state index in [4.69, 9.17) is 10.5 Å². The first-order chi connectivity index (χ1) is 16.8. The number of primary amides is 1. The van der Waals surface area contributed by atoms with Gasteiger partial charge in [-0.3, -0.25) is 9.59 Å². The van der Waals surface area contributed by atoms with Crippen LogP contribution < -0.4 is 16.0 Å².